The summed E-state index contributed by atoms with van der Waals surface area (Å²) < 4.78 is 0. The number of fused-ring (bicyclic) bond motifs is 2. The normalized spacial score (nSPS) is 19.1. The Labute approximate surface area is 205 Å². The van der Waals surface area contributed by atoms with Crippen molar-refractivity contribution in [2.45, 2.75) is 12.8 Å². The summed E-state index contributed by atoms with van der Waals surface area (Å²) in [7, 11) is 0. The number of amides is 4. The molecule has 2 heterocycles. The first-order chi connectivity index (χ1) is 16.9. The highest BCUT2D eigenvalue weighted by Gasteiger charge is 2.47. The molecule has 1 aromatic heterocycles. The molecule has 2 atom stereocenters. The minimum absolute atomic E-state index is 0.288. The highest BCUT2D eigenvalue weighted by Crippen LogP contribution is 2.35. The Hall–Kier alpha value is -4.04. The average Bonchev–Trinajstić information content (AvgIpc) is 3.12. The van der Waals surface area contributed by atoms with Gasteiger partial charge in [0.05, 0.1) is 28.6 Å². The monoisotopic (exact) mass is 488 g/mol. The van der Waals surface area contributed by atoms with Crippen molar-refractivity contribution in [3.05, 3.63) is 77.3 Å². The van der Waals surface area contributed by atoms with Gasteiger partial charge in [0.15, 0.2) is 0 Å². The van der Waals surface area contributed by atoms with Crippen molar-refractivity contribution in [2.75, 3.05) is 6.54 Å². The van der Waals surface area contributed by atoms with Crippen LogP contribution in [0, 0.1) is 11.8 Å². The summed E-state index contributed by atoms with van der Waals surface area (Å²) >= 11 is 6.33. The molecule has 2 aliphatic rings. The molecule has 0 unspecified atom stereocenters. The second-order valence-electron chi connectivity index (χ2n) is 8.47. The van der Waals surface area contributed by atoms with Crippen LogP contribution in [0.2, 0.25) is 5.02 Å². The Bertz CT molecular complexity index is 1380. The fourth-order valence-electron chi connectivity index (χ4n) is 4.57. The van der Waals surface area contributed by atoms with E-state index in [1.165, 1.54) is 0 Å². The SMILES string of the molecule is O=C(CN1C(=O)[C@H]2CC=CC[C@H]2C1=O)NNC(=O)c1cc(-c2ccccc2Cl)nc2ccccc12. The summed E-state index contributed by atoms with van der Waals surface area (Å²) in [6, 6.07) is 15.9. The van der Waals surface area contributed by atoms with Gasteiger partial charge in [-0.2, -0.15) is 0 Å². The van der Waals surface area contributed by atoms with Gasteiger partial charge in [0.25, 0.3) is 11.8 Å². The minimum atomic E-state index is -0.670. The van der Waals surface area contributed by atoms with Gasteiger partial charge in [-0.1, -0.05) is 60.2 Å². The second-order valence-corrected chi connectivity index (χ2v) is 8.88. The lowest BCUT2D eigenvalue weighted by Crippen LogP contribution is -2.48. The number of halogens is 1. The minimum Gasteiger partial charge on any atom is -0.274 e. The van der Waals surface area contributed by atoms with Crippen molar-refractivity contribution < 1.29 is 19.2 Å². The zero-order valence-electron chi connectivity index (χ0n) is 18.5. The number of aromatic nitrogens is 1. The Kier molecular flexibility index (Phi) is 6.05. The number of imide groups is 1. The maximum Gasteiger partial charge on any atom is 0.270 e. The number of rotatable bonds is 4. The summed E-state index contributed by atoms with van der Waals surface area (Å²) in [5.41, 5.74) is 6.76. The van der Waals surface area contributed by atoms with Crippen LogP contribution in [0.4, 0.5) is 0 Å². The third-order valence-corrected chi connectivity index (χ3v) is 6.66. The molecule has 1 fully saturated rings. The average molecular weight is 489 g/mol. The Morgan fingerprint density at radius 1 is 0.943 bits per heavy atom. The number of nitrogens with one attached hydrogen (secondary N) is 2. The summed E-state index contributed by atoms with van der Waals surface area (Å²) in [6.45, 7) is -0.451. The van der Waals surface area contributed by atoms with E-state index in [-0.39, 0.29) is 17.4 Å². The molecule has 1 saturated heterocycles. The van der Waals surface area contributed by atoms with E-state index in [1.54, 1.807) is 42.5 Å². The predicted octanol–water partition coefficient (Wildman–Crippen LogP) is 3.27. The number of nitrogens with zero attached hydrogens (tertiary/aromatic N) is 2. The summed E-state index contributed by atoms with van der Waals surface area (Å²) in [5, 5.41) is 1.09. The highest BCUT2D eigenvalue weighted by molar-refractivity contribution is 6.33. The van der Waals surface area contributed by atoms with Crippen LogP contribution in [-0.4, -0.2) is 40.1 Å². The second kappa shape index (κ2) is 9.31. The van der Waals surface area contributed by atoms with Crippen molar-refractivity contribution in [3.63, 3.8) is 0 Å². The Morgan fingerprint density at radius 3 is 2.31 bits per heavy atom. The molecule has 0 spiro atoms. The summed E-state index contributed by atoms with van der Waals surface area (Å²) in [4.78, 5) is 56.3. The molecule has 176 valence electrons. The van der Waals surface area contributed by atoms with Gasteiger partial charge in [-0.05, 0) is 31.0 Å². The molecular formula is C26H21ClN4O4. The van der Waals surface area contributed by atoms with Crippen LogP contribution in [0.3, 0.4) is 0 Å². The molecule has 0 bridgehead atoms. The molecule has 5 rings (SSSR count). The van der Waals surface area contributed by atoms with Crippen molar-refractivity contribution in [1.82, 2.24) is 20.7 Å². The van der Waals surface area contributed by atoms with Gasteiger partial charge in [-0.15, -0.1) is 0 Å². The molecular weight excluding hydrogens is 468 g/mol. The molecule has 0 radical (unpaired) electrons. The van der Waals surface area contributed by atoms with E-state index < -0.39 is 30.2 Å². The number of likely N-dealkylation sites (tertiary alicyclic amines) is 1. The van der Waals surface area contributed by atoms with Gasteiger partial charge in [0.2, 0.25) is 11.8 Å². The van der Waals surface area contributed by atoms with Gasteiger partial charge in [-0.25, -0.2) is 4.98 Å². The molecule has 0 saturated carbocycles. The topological polar surface area (TPSA) is 108 Å². The molecule has 1 aliphatic heterocycles. The number of para-hydroxylation sites is 1. The third kappa shape index (κ3) is 4.28. The van der Waals surface area contributed by atoms with Crippen molar-refractivity contribution >= 4 is 46.1 Å². The van der Waals surface area contributed by atoms with Gasteiger partial charge in [-0.3, -0.25) is 34.9 Å². The number of hydrazine groups is 1. The molecule has 2 N–H and O–H groups in total. The van der Waals surface area contributed by atoms with E-state index in [4.69, 9.17) is 11.6 Å². The standard InChI is InChI=1S/C26H21ClN4O4/c27-20-11-5-3-10-18(20)22-13-19(15-7-4-6-12-21(15)28-22)24(33)30-29-23(32)14-31-25(34)16-8-1-2-9-17(16)26(31)35/h1-7,10-13,16-17H,8-9,14H2,(H,29,32)(H,30,33)/t16-,17+. The quantitative estimate of drug-likeness (QED) is 0.333. The lowest BCUT2D eigenvalue weighted by Gasteiger charge is -2.15. The lowest BCUT2D eigenvalue weighted by atomic mass is 9.85. The van der Waals surface area contributed by atoms with Crippen LogP contribution in [0.25, 0.3) is 22.2 Å². The van der Waals surface area contributed by atoms with E-state index in [0.29, 0.717) is 40.0 Å². The number of carbonyl (C=O) groups is 4. The maximum absolute atomic E-state index is 13.1. The zero-order chi connectivity index (χ0) is 24.5. The number of allylic oxidation sites excluding steroid dienone is 2. The van der Waals surface area contributed by atoms with Gasteiger partial charge < -0.3 is 0 Å². The van der Waals surface area contributed by atoms with E-state index in [2.05, 4.69) is 15.8 Å². The van der Waals surface area contributed by atoms with E-state index in [0.717, 1.165) is 4.90 Å². The van der Waals surface area contributed by atoms with E-state index in [9.17, 15) is 19.2 Å². The van der Waals surface area contributed by atoms with E-state index in [1.807, 2.05) is 24.3 Å². The largest absolute Gasteiger partial charge is 0.274 e. The van der Waals surface area contributed by atoms with Crippen LogP contribution in [0.15, 0.2) is 66.7 Å². The summed E-state index contributed by atoms with van der Waals surface area (Å²) in [5.74, 6) is -2.77. The van der Waals surface area contributed by atoms with E-state index >= 15 is 0 Å². The van der Waals surface area contributed by atoms with Gasteiger partial charge in [0.1, 0.15) is 6.54 Å². The van der Waals surface area contributed by atoms with Gasteiger partial charge in [0, 0.05) is 16.0 Å². The van der Waals surface area contributed by atoms with Crippen LogP contribution in [0.5, 0.6) is 0 Å². The number of pyridine rings is 1. The summed E-state index contributed by atoms with van der Waals surface area (Å²) in [6.07, 6.45) is 4.75. The first kappa shape index (κ1) is 22.7. The molecule has 1 aliphatic carbocycles. The van der Waals surface area contributed by atoms with Crippen LogP contribution in [-0.2, 0) is 14.4 Å². The predicted molar refractivity (Wildman–Crippen MR) is 130 cm³/mol. The molecule has 3 aromatic rings. The van der Waals surface area contributed by atoms with Crippen LogP contribution < -0.4 is 10.9 Å². The number of benzene rings is 2. The highest BCUT2D eigenvalue weighted by atomic mass is 35.5. The molecule has 2 aromatic carbocycles. The maximum atomic E-state index is 13.1. The Balaban J connectivity index is 1.33. The van der Waals surface area contributed by atoms with Crippen LogP contribution in [0.1, 0.15) is 23.2 Å². The first-order valence-corrected chi connectivity index (χ1v) is 11.6. The molecule has 9 heteroatoms. The number of carbonyl (C=O) groups excluding carboxylic acids is 4. The molecule has 8 nitrogen and oxygen atoms in total. The smallest absolute Gasteiger partial charge is 0.270 e. The van der Waals surface area contributed by atoms with Crippen molar-refractivity contribution in [2.24, 2.45) is 11.8 Å². The molecule has 35 heavy (non-hydrogen) atoms. The first-order valence-electron chi connectivity index (χ1n) is 11.2. The fraction of sp³-hybridized carbons (Fsp3) is 0.192. The number of hydrogen-bond donors (Lipinski definition) is 2. The van der Waals surface area contributed by atoms with Crippen molar-refractivity contribution in [3.8, 4) is 11.3 Å². The zero-order valence-corrected chi connectivity index (χ0v) is 19.3. The lowest BCUT2D eigenvalue weighted by molar-refractivity contribution is -0.143. The number of hydrogen-bond acceptors (Lipinski definition) is 5. The van der Waals surface area contributed by atoms with Crippen LogP contribution >= 0.6 is 11.6 Å². The third-order valence-electron chi connectivity index (χ3n) is 6.33. The molecule has 4 amide bonds. The van der Waals surface area contributed by atoms with Crippen molar-refractivity contribution in [1.29, 1.82) is 0 Å². The fourth-order valence-corrected chi connectivity index (χ4v) is 4.80. The Morgan fingerprint density at radius 2 is 1.60 bits per heavy atom. The van der Waals surface area contributed by atoms with Gasteiger partial charge >= 0.3 is 0 Å².